The summed E-state index contributed by atoms with van der Waals surface area (Å²) in [5.74, 6) is 1.32. The number of hydrogen-bond donors (Lipinski definition) is 3. The molecule has 0 spiro atoms. The first-order chi connectivity index (χ1) is 13.0. The molecule has 0 unspecified atom stereocenters. The Morgan fingerprint density at radius 3 is 3.00 bits per heavy atom. The summed E-state index contributed by atoms with van der Waals surface area (Å²) in [6.45, 7) is 5.68. The predicted molar refractivity (Wildman–Crippen MR) is 106 cm³/mol. The molecular formula is C20H27N5O2. The lowest BCUT2D eigenvalue weighted by atomic mass is 9.94. The van der Waals surface area contributed by atoms with Gasteiger partial charge in [-0.05, 0) is 42.5 Å². The lowest BCUT2D eigenvalue weighted by Crippen LogP contribution is -2.43. The van der Waals surface area contributed by atoms with Crippen molar-refractivity contribution in [2.24, 2.45) is 11.7 Å². The molecule has 0 saturated carbocycles. The molecule has 2 atom stereocenters. The number of benzene rings is 1. The summed E-state index contributed by atoms with van der Waals surface area (Å²) in [7, 11) is 0. The number of amides is 1. The van der Waals surface area contributed by atoms with E-state index in [4.69, 9.17) is 10.5 Å². The highest BCUT2D eigenvalue weighted by atomic mass is 16.5. The zero-order valence-electron chi connectivity index (χ0n) is 15.8. The van der Waals surface area contributed by atoms with Crippen LogP contribution in [0, 0.1) is 5.92 Å². The number of anilines is 2. The number of hydrogen-bond acceptors (Lipinski definition) is 6. The maximum atomic E-state index is 11.3. The molecule has 7 nitrogen and oxygen atoms in total. The third kappa shape index (κ3) is 5.17. The SMILES string of the molecule is CC(C)[C@H]1OCCC[C@@H]1Nc1ccnc(NCc2cccc(C(N)=O)c2)n1. The van der Waals surface area contributed by atoms with E-state index in [1.54, 1.807) is 18.3 Å². The first kappa shape index (κ1) is 19.1. The van der Waals surface area contributed by atoms with E-state index in [-0.39, 0.29) is 12.1 Å². The Morgan fingerprint density at radius 1 is 1.37 bits per heavy atom. The first-order valence-corrected chi connectivity index (χ1v) is 9.36. The Labute approximate surface area is 159 Å². The molecule has 1 aliphatic rings. The molecule has 2 aromatic rings. The fraction of sp³-hybridized carbons (Fsp3) is 0.450. The van der Waals surface area contributed by atoms with Crippen LogP contribution in [0.1, 0.15) is 42.6 Å². The van der Waals surface area contributed by atoms with Crippen molar-refractivity contribution < 1.29 is 9.53 Å². The number of rotatable bonds is 7. The maximum Gasteiger partial charge on any atom is 0.248 e. The monoisotopic (exact) mass is 369 g/mol. The standard InChI is InChI=1S/C20H27N5O2/c1-13(2)18-16(7-4-10-27-18)24-17-8-9-22-20(25-17)23-12-14-5-3-6-15(11-14)19(21)26/h3,5-6,8-9,11,13,16,18H,4,7,10,12H2,1-2H3,(H2,21,26)(H2,22,23,24,25)/t16-,18+/m0/s1. The van der Waals surface area contributed by atoms with E-state index in [1.807, 2.05) is 18.2 Å². The molecule has 1 aliphatic heterocycles. The van der Waals surface area contributed by atoms with Gasteiger partial charge >= 0.3 is 0 Å². The molecule has 2 heterocycles. The Balaban J connectivity index is 1.63. The second-order valence-electron chi connectivity index (χ2n) is 7.16. The molecule has 1 fully saturated rings. The van der Waals surface area contributed by atoms with E-state index in [1.165, 1.54) is 0 Å². The van der Waals surface area contributed by atoms with Crippen LogP contribution >= 0.6 is 0 Å². The van der Waals surface area contributed by atoms with Crippen molar-refractivity contribution in [2.45, 2.75) is 45.4 Å². The third-order valence-electron chi connectivity index (χ3n) is 4.67. The Hall–Kier alpha value is -2.67. The molecule has 1 aromatic carbocycles. The minimum absolute atomic E-state index is 0.182. The second kappa shape index (κ2) is 8.81. The van der Waals surface area contributed by atoms with Gasteiger partial charge in [-0.15, -0.1) is 0 Å². The summed E-state index contributed by atoms with van der Waals surface area (Å²) in [5, 5.41) is 6.69. The van der Waals surface area contributed by atoms with E-state index >= 15 is 0 Å². The molecule has 0 radical (unpaired) electrons. The number of aromatic nitrogens is 2. The second-order valence-corrected chi connectivity index (χ2v) is 7.16. The van der Waals surface area contributed by atoms with Gasteiger partial charge in [-0.25, -0.2) is 4.98 Å². The third-order valence-corrected chi connectivity index (χ3v) is 4.67. The van der Waals surface area contributed by atoms with E-state index < -0.39 is 5.91 Å². The molecule has 3 rings (SSSR count). The summed E-state index contributed by atoms with van der Waals surface area (Å²) >= 11 is 0. The highest BCUT2D eigenvalue weighted by Gasteiger charge is 2.28. The van der Waals surface area contributed by atoms with Crippen LogP contribution in [0.4, 0.5) is 11.8 Å². The molecule has 0 aliphatic carbocycles. The molecule has 1 saturated heterocycles. The van der Waals surface area contributed by atoms with Crippen LogP contribution in [-0.4, -0.2) is 34.6 Å². The minimum atomic E-state index is -0.436. The van der Waals surface area contributed by atoms with Crippen molar-refractivity contribution in [2.75, 3.05) is 17.2 Å². The average Bonchev–Trinajstić information content (AvgIpc) is 2.67. The molecule has 0 bridgehead atoms. The maximum absolute atomic E-state index is 11.3. The Morgan fingerprint density at radius 2 is 2.22 bits per heavy atom. The van der Waals surface area contributed by atoms with Crippen molar-refractivity contribution in [3.63, 3.8) is 0 Å². The van der Waals surface area contributed by atoms with Gasteiger partial charge in [0.1, 0.15) is 5.82 Å². The van der Waals surface area contributed by atoms with Crippen LogP contribution in [0.5, 0.6) is 0 Å². The number of nitrogens with one attached hydrogen (secondary N) is 2. The first-order valence-electron chi connectivity index (χ1n) is 9.36. The number of carbonyl (C=O) groups excluding carboxylic acids is 1. The van der Waals surface area contributed by atoms with Gasteiger partial charge in [0.2, 0.25) is 11.9 Å². The fourth-order valence-corrected chi connectivity index (χ4v) is 3.34. The van der Waals surface area contributed by atoms with Crippen molar-refractivity contribution in [3.05, 3.63) is 47.7 Å². The van der Waals surface area contributed by atoms with Gasteiger partial charge in [0.25, 0.3) is 0 Å². The van der Waals surface area contributed by atoms with Crippen molar-refractivity contribution in [1.82, 2.24) is 9.97 Å². The van der Waals surface area contributed by atoms with E-state index in [0.717, 1.165) is 30.8 Å². The summed E-state index contributed by atoms with van der Waals surface area (Å²) in [6, 6.07) is 9.31. The molecule has 144 valence electrons. The van der Waals surface area contributed by atoms with Crippen molar-refractivity contribution in [3.8, 4) is 0 Å². The Bertz CT molecular complexity index is 780. The summed E-state index contributed by atoms with van der Waals surface area (Å²) in [6.07, 6.45) is 4.02. The van der Waals surface area contributed by atoms with Crippen LogP contribution in [0.3, 0.4) is 0 Å². The van der Waals surface area contributed by atoms with Gasteiger partial charge in [-0.3, -0.25) is 4.79 Å². The van der Waals surface area contributed by atoms with Gasteiger partial charge in [0.15, 0.2) is 0 Å². The molecule has 1 amide bonds. The van der Waals surface area contributed by atoms with Gasteiger partial charge in [0.05, 0.1) is 12.1 Å². The average molecular weight is 369 g/mol. The summed E-state index contributed by atoms with van der Waals surface area (Å²) < 4.78 is 5.93. The van der Waals surface area contributed by atoms with Gasteiger partial charge in [-0.1, -0.05) is 26.0 Å². The quantitative estimate of drug-likeness (QED) is 0.694. The normalized spacial score (nSPS) is 19.7. The smallest absolute Gasteiger partial charge is 0.248 e. The molecular weight excluding hydrogens is 342 g/mol. The fourth-order valence-electron chi connectivity index (χ4n) is 3.34. The van der Waals surface area contributed by atoms with Crippen LogP contribution in [0.25, 0.3) is 0 Å². The van der Waals surface area contributed by atoms with Crippen LogP contribution in [0.2, 0.25) is 0 Å². The van der Waals surface area contributed by atoms with E-state index in [9.17, 15) is 4.79 Å². The van der Waals surface area contributed by atoms with Gasteiger partial charge in [-0.2, -0.15) is 4.98 Å². The van der Waals surface area contributed by atoms with Gasteiger partial charge in [0, 0.05) is 24.9 Å². The summed E-state index contributed by atoms with van der Waals surface area (Å²) in [4.78, 5) is 20.1. The van der Waals surface area contributed by atoms with Gasteiger partial charge < -0.3 is 21.1 Å². The highest BCUT2D eigenvalue weighted by Crippen LogP contribution is 2.23. The van der Waals surface area contributed by atoms with Crippen LogP contribution in [0.15, 0.2) is 36.5 Å². The van der Waals surface area contributed by atoms with Crippen LogP contribution < -0.4 is 16.4 Å². The minimum Gasteiger partial charge on any atom is -0.376 e. The topological polar surface area (TPSA) is 102 Å². The van der Waals surface area contributed by atoms with Crippen molar-refractivity contribution in [1.29, 1.82) is 0 Å². The molecule has 7 heteroatoms. The number of carbonyl (C=O) groups is 1. The summed E-state index contributed by atoms with van der Waals surface area (Å²) in [5.41, 5.74) is 6.76. The van der Waals surface area contributed by atoms with E-state index in [2.05, 4.69) is 34.4 Å². The highest BCUT2D eigenvalue weighted by molar-refractivity contribution is 5.92. The Kier molecular flexibility index (Phi) is 6.24. The number of nitrogens with zero attached hydrogens (tertiary/aromatic N) is 2. The predicted octanol–water partition coefficient (Wildman–Crippen LogP) is 2.80. The largest absolute Gasteiger partial charge is 0.376 e. The molecule has 1 aromatic heterocycles. The number of nitrogens with two attached hydrogens (primary N) is 1. The zero-order chi connectivity index (χ0) is 19.2. The lowest BCUT2D eigenvalue weighted by Gasteiger charge is -2.35. The molecule has 4 N–H and O–H groups in total. The number of ether oxygens (including phenoxy) is 1. The number of primary amides is 1. The van der Waals surface area contributed by atoms with Crippen LogP contribution in [-0.2, 0) is 11.3 Å². The van der Waals surface area contributed by atoms with Crippen molar-refractivity contribution >= 4 is 17.7 Å². The lowest BCUT2D eigenvalue weighted by molar-refractivity contribution is -0.0203. The zero-order valence-corrected chi connectivity index (χ0v) is 15.8. The molecule has 27 heavy (non-hydrogen) atoms. The van der Waals surface area contributed by atoms with E-state index in [0.29, 0.717) is 24.0 Å².